The average molecular weight is 283 g/mol. The van der Waals surface area contributed by atoms with Crippen molar-refractivity contribution in [2.45, 2.75) is 0 Å². The lowest BCUT2D eigenvalue weighted by molar-refractivity contribution is -0.385. The first-order valence-corrected chi connectivity index (χ1v) is 5.78. The van der Waals surface area contributed by atoms with E-state index in [1.54, 1.807) is 18.2 Å². The Morgan fingerprint density at radius 3 is 2.62 bits per heavy atom. The van der Waals surface area contributed by atoms with Crippen molar-refractivity contribution in [3.05, 3.63) is 63.7 Å². The van der Waals surface area contributed by atoms with E-state index in [0.717, 1.165) is 6.07 Å². The third-order valence-corrected chi connectivity index (χ3v) is 2.67. The molecule has 0 bridgehead atoms. The lowest BCUT2D eigenvalue weighted by Gasteiger charge is -2.09. The number of carbonyl (C=O) groups is 1. The molecule has 104 valence electrons. The quantitative estimate of drug-likeness (QED) is 0.682. The Morgan fingerprint density at radius 1 is 1.29 bits per heavy atom. The number of primary amides is 1. The molecule has 0 aliphatic rings. The van der Waals surface area contributed by atoms with Gasteiger partial charge in [0.05, 0.1) is 16.6 Å². The number of rotatable bonds is 4. The summed E-state index contributed by atoms with van der Waals surface area (Å²) in [5, 5.41) is 19.7. The molecule has 0 spiro atoms. The Labute approximate surface area is 119 Å². The van der Waals surface area contributed by atoms with Crippen molar-refractivity contribution in [2.24, 2.45) is 5.73 Å². The Bertz CT molecular complexity index is 765. The molecule has 0 saturated carbocycles. The van der Waals surface area contributed by atoms with Crippen molar-refractivity contribution in [3.63, 3.8) is 0 Å². The van der Waals surface area contributed by atoms with Gasteiger partial charge in [0.15, 0.2) is 0 Å². The summed E-state index contributed by atoms with van der Waals surface area (Å²) >= 11 is 0. The summed E-state index contributed by atoms with van der Waals surface area (Å²) < 4.78 is 5.45. The number of para-hydroxylation sites is 1. The zero-order chi connectivity index (χ0) is 15.4. The van der Waals surface area contributed by atoms with Gasteiger partial charge in [-0.05, 0) is 24.3 Å². The average Bonchev–Trinajstić information content (AvgIpc) is 2.47. The summed E-state index contributed by atoms with van der Waals surface area (Å²) in [6.45, 7) is 0. The van der Waals surface area contributed by atoms with Crippen molar-refractivity contribution in [2.75, 3.05) is 0 Å². The van der Waals surface area contributed by atoms with Gasteiger partial charge < -0.3 is 10.5 Å². The second kappa shape index (κ2) is 5.71. The summed E-state index contributed by atoms with van der Waals surface area (Å²) in [4.78, 5) is 21.5. The summed E-state index contributed by atoms with van der Waals surface area (Å²) in [5.74, 6) is -0.354. The minimum atomic E-state index is -0.675. The van der Waals surface area contributed by atoms with Gasteiger partial charge in [0, 0.05) is 0 Å². The minimum absolute atomic E-state index is 0.0736. The zero-order valence-electron chi connectivity index (χ0n) is 10.6. The molecule has 0 saturated heterocycles. The van der Waals surface area contributed by atoms with E-state index < -0.39 is 10.8 Å². The number of hydrogen-bond donors (Lipinski definition) is 1. The number of carbonyl (C=O) groups excluding carboxylic acids is 1. The van der Waals surface area contributed by atoms with Crippen molar-refractivity contribution in [1.82, 2.24) is 0 Å². The molecule has 0 radical (unpaired) electrons. The molecule has 1 amide bonds. The van der Waals surface area contributed by atoms with Crippen LogP contribution in [0, 0.1) is 21.4 Å². The highest BCUT2D eigenvalue weighted by atomic mass is 16.6. The maximum atomic E-state index is 11.3. The first kappa shape index (κ1) is 14.0. The van der Waals surface area contributed by atoms with Crippen LogP contribution in [0.5, 0.6) is 11.5 Å². The predicted molar refractivity (Wildman–Crippen MR) is 72.8 cm³/mol. The van der Waals surface area contributed by atoms with Gasteiger partial charge >= 0.3 is 0 Å². The monoisotopic (exact) mass is 283 g/mol. The van der Waals surface area contributed by atoms with E-state index in [1.165, 1.54) is 24.3 Å². The zero-order valence-corrected chi connectivity index (χ0v) is 10.6. The van der Waals surface area contributed by atoms with E-state index in [2.05, 4.69) is 0 Å². The molecule has 0 unspecified atom stereocenters. The van der Waals surface area contributed by atoms with Gasteiger partial charge in [-0.1, -0.05) is 12.1 Å². The molecule has 0 aliphatic heterocycles. The number of amides is 1. The standard InChI is InChI=1S/C14H9N3O4/c15-8-9-5-6-10(7-12(9)17(19)20)21-13-4-2-1-3-11(13)14(16)18/h1-7H,(H2,16,18). The number of nitro groups is 1. The largest absolute Gasteiger partial charge is 0.456 e. The number of nitrogens with zero attached hydrogens (tertiary/aromatic N) is 2. The minimum Gasteiger partial charge on any atom is -0.456 e. The van der Waals surface area contributed by atoms with Gasteiger partial charge in [0.1, 0.15) is 23.1 Å². The smallest absolute Gasteiger partial charge is 0.290 e. The van der Waals surface area contributed by atoms with Crippen LogP contribution in [0.2, 0.25) is 0 Å². The molecule has 0 aliphatic carbocycles. The van der Waals surface area contributed by atoms with Crippen LogP contribution in [-0.4, -0.2) is 10.8 Å². The van der Waals surface area contributed by atoms with Crippen LogP contribution in [0.4, 0.5) is 5.69 Å². The lowest BCUT2D eigenvalue weighted by Crippen LogP contribution is -2.12. The van der Waals surface area contributed by atoms with Gasteiger partial charge in [0.2, 0.25) is 0 Å². The van der Waals surface area contributed by atoms with Crippen molar-refractivity contribution >= 4 is 11.6 Å². The summed E-state index contributed by atoms with van der Waals surface area (Å²) in [6, 6.07) is 11.8. The van der Waals surface area contributed by atoms with E-state index in [1.807, 2.05) is 0 Å². The van der Waals surface area contributed by atoms with Crippen LogP contribution in [0.15, 0.2) is 42.5 Å². The molecular weight excluding hydrogens is 274 g/mol. The molecule has 2 aromatic rings. The molecule has 0 atom stereocenters. The summed E-state index contributed by atoms with van der Waals surface area (Å²) in [6.07, 6.45) is 0. The fraction of sp³-hybridized carbons (Fsp3) is 0. The van der Waals surface area contributed by atoms with E-state index >= 15 is 0 Å². The molecule has 21 heavy (non-hydrogen) atoms. The third kappa shape index (κ3) is 2.96. The van der Waals surface area contributed by atoms with Gasteiger partial charge in [-0.3, -0.25) is 14.9 Å². The molecule has 2 rings (SSSR count). The van der Waals surface area contributed by atoms with Crippen LogP contribution in [-0.2, 0) is 0 Å². The second-order valence-corrected chi connectivity index (χ2v) is 4.01. The molecule has 0 fully saturated rings. The highest BCUT2D eigenvalue weighted by Crippen LogP contribution is 2.29. The molecular formula is C14H9N3O4. The summed E-state index contributed by atoms with van der Waals surface area (Å²) in [7, 11) is 0. The van der Waals surface area contributed by atoms with Crippen LogP contribution >= 0.6 is 0 Å². The maximum Gasteiger partial charge on any atom is 0.290 e. The van der Waals surface area contributed by atoms with E-state index in [-0.39, 0.29) is 28.3 Å². The third-order valence-electron chi connectivity index (χ3n) is 2.67. The van der Waals surface area contributed by atoms with Crippen molar-refractivity contribution in [1.29, 1.82) is 5.26 Å². The van der Waals surface area contributed by atoms with Gasteiger partial charge in [-0.25, -0.2) is 0 Å². The first-order chi connectivity index (χ1) is 10.0. The van der Waals surface area contributed by atoms with Crippen molar-refractivity contribution < 1.29 is 14.5 Å². The highest BCUT2D eigenvalue weighted by molar-refractivity contribution is 5.95. The normalized spacial score (nSPS) is 9.67. The SMILES string of the molecule is N#Cc1ccc(Oc2ccccc2C(N)=O)cc1[N+](=O)[O-]. The van der Waals surface area contributed by atoms with E-state index in [4.69, 9.17) is 15.7 Å². The first-order valence-electron chi connectivity index (χ1n) is 5.78. The van der Waals surface area contributed by atoms with Gasteiger partial charge in [-0.15, -0.1) is 0 Å². The Hall–Kier alpha value is -3.40. The molecule has 2 aromatic carbocycles. The van der Waals surface area contributed by atoms with Gasteiger partial charge in [-0.2, -0.15) is 5.26 Å². The Balaban J connectivity index is 2.42. The van der Waals surface area contributed by atoms with Crippen LogP contribution in [0.25, 0.3) is 0 Å². The highest BCUT2D eigenvalue weighted by Gasteiger charge is 2.16. The number of benzene rings is 2. The van der Waals surface area contributed by atoms with Crippen molar-refractivity contribution in [3.8, 4) is 17.6 Å². The number of hydrogen-bond acceptors (Lipinski definition) is 5. The predicted octanol–water partition coefficient (Wildman–Crippen LogP) is 2.36. The molecule has 7 nitrogen and oxygen atoms in total. The number of ether oxygens (including phenoxy) is 1. The van der Waals surface area contributed by atoms with Crippen LogP contribution < -0.4 is 10.5 Å². The molecule has 7 heteroatoms. The van der Waals surface area contributed by atoms with Gasteiger partial charge in [0.25, 0.3) is 11.6 Å². The maximum absolute atomic E-state index is 11.3. The number of nitrogens with two attached hydrogens (primary N) is 1. The Kier molecular flexibility index (Phi) is 3.81. The molecule has 2 N–H and O–H groups in total. The topological polar surface area (TPSA) is 119 Å². The fourth-order valence-corrected chi connectivity index (χ4v) is 1.71. The van der Waals surface area contributed by atoms with E-state index in [0.29, 0.717) is 0 Å². The number of nitro benzene ring substituents is 1. The number of nitriles is 1. The molecule has 0 heterocycles. The van der Waals surface area contributed by atoms with Crippen LogP contribution in [0.1, 0.15) is 15.9 Å². The Morgan fingerprint density at radius 2 is 2.00 bits per heavy atom. The fourth-order valence-electron chi connectivity index (χ4n) is 1.71. The molecule has 0 aromatic heterocycles. The summed E-state index contributed by atoms with van der Waals surface area (Å²) in [5.41, 5.74) is 4.94. The van der Waals surface area contributed by atoms with Crippen LogP contribution in [0.3, 0.4) is 0 Å². The van der Waals surface area contributed by atoms with E-state index in [9.17, 15) is 14.9 Å². The lowest BCUT2D eigenvalue weighted by atomic mass is 10.1. The second-order valence-electron chi connectivity index (χ2n) is 4.01.